The monoisotopic (exact) mass is 299 g/mol. The zero-order chi connectivity index (χ0) is 15.5. The third-order valence-electron chi connectivity index (χ3n) is 3.19. The molecule has 0 saturated carbocycles. The van der Waals surface area contributed by atoms with Gasteiger partial charge in [0.15, 0.2) is 5.75 Å². The summed E-state index contributed by atoms with van der Waals surface area (Å²) in [5, 5.41) is 7.94. The number of aromatic nitrogens is 2. The van der Waals surface area contributed by atoms with Crippen molar-refractivity contribution < 1.29 is 14.2 Å². The van der Waals surface area contributed by atoms with Crippen molar-refractivity contribution in [2.24, 2.45) is 0 Å². The maximum atomic E-state index is 5.71. The smallest absolute Gasteiger partial charge is 0.161 e. The van der Waals surface area contributed by atoms with Gasteiger partial charge in [-0.15, -0.1) is 0 Å². The highest BCUT2D eigenvalue weighted by molar-refractivity contribution is 5.28. The molecule has 0 spiro atoms. The fourth-order valence-electron chi connectivity index (χ4n) is 2.17. The first-order chi connectivity index (χ1) is 10.3. The number of aryl methyl sites for hydroxylation is 1. The van der Waals surface area contributed by atoms with E-state index in [1.54, 1.807) is 20.4 Å². The zero-order valence-corrected chi connectivity index (χ0v) is 13.7. The van der Waals surface area contributed by atoms with Crippen LogP contribution in [0.15, 0.2) is 6.20 Å². The van der Waals surface area contributed by atoms with Gasteiger partial charge in [-0.25, -0.2) is 0 Å². The van der Waals surface area contributed by atoms with Gasteiger partial charge in [-0.2, -0.15) is 5.10 Å². The van der Waals surface area contributed by atoms with Crippen LogP contribution in [0.4, 0.5) is 0 Å². The zero-order valence-electron chi connectivity index (χ0n) is 13.7. The molecular formula is C15H29N3O3. The largest absolute Gasteiger partial charge is 0.493 e. The van der Waals surface area contributed by atoms with E-state index in [4.69, 9.17) is 14.2 Å². The molecule has 1 rings (SSSR count). The van der Waals surface area contributed by atoms with Gasteiger partial charge in [0.1, 0.15) is 0 Å². The van der Waals surface area contributed by atoms with Crippen molar-refractivity contribution in [3.63, 3.8) is 0 Å². The van der Waals surface area contributed by atoms with E-state index in [9.17, 15) is 0 Å². The molecule has 1 aromatic rings. The highest BCUT2D eigenvalue weighted by Gasteiger charge is 2.21. The van der Waals surface area contributed by atoms with E-state index < -0.39 is 0 Å². The molecule has 0 radical (unpaired) electrons. The molecule has 0 amide bonds. The van der Waals surface area contributed by atoms with Gasteiger partial charge >= 0.3 is 0 Å². The molecular weight excluding hydrogens is 270 g/mol. The lowest BCUT2D eigenvalue weighted by molar-refractivity contribution is 0.0569. The molecule has 0 saturated heterocycles. The van der Waals surface area contributed by atoms with E-state index in [0.29, 0.717) is 19.8 Å². The van der Waals surface area contributed by atoms with Crippen LogP contribution in [0.1, 0.15) is 38.4 Å². The van der Waals surface area contributed by atoms with Crippen molar-refractivity contribution in [3.8, 4) is 5.75 Å². The van der Waals surface area contributed by atoms with Gasteiger partial charge in [0.25, 0.3) is 0 Å². The van der Waals surface area contributed by atoms with Crippen LogP contribution in [0.25, 0.3) is 0 Å². The average Bonchev–Trinajstić information content (AvgIpc) is 2.90. The van der Waals surface area contributed by atoms with Crippen molar-refractivity contribution >= 4 is 0 Å². The Hall–Kier alpha value is -1.11. The Labute approximate surface area is 127 Å². The van der Waals surface area contributed by atoms with Crippen molar-refractivity contribution in [2.45, 2.75) is 39.3 Å². The first-order valence-corrected chi connectivity index (χ1v) is 7.68. The highest BCUT2D eigenvalue weighted by atomic mass is 16.5. The standard InChI is InChI=1S/C15H29N3O3/c1-5-7-16-13(12-21-10-9-19-3)15-14(20-4)11-17-18(15)8-6-2/h11,13,16H,5-10,12H2,1-4H3. The summed E-state index contributed by atoms with van der Waals surface area (Å²) in [7, 11) is 3.36. The Balaban J connectivity index is 2.81. The van der Waals surface area contributed by atoms with Crippen molar-refractivity contribution in [1.29, 1.82) is 0 Å². The second-order valence-electron chi connectivity index (χ2n) is 4.90. The van der Waals surface area contributed by atoms with Crippen molar-refractivity contribution in [3.05, 3.63) is 11.9 Å². The number of rotatable bonds is 12. The molecule has 0 fully saturated rings. The lowest BCUT2D eigenvalue weighted by Gasteiger charge is -2.21. The van der Waals surface area contributed by atoms with E-state index in [-0.39, 0.29) is 6.04 Å². The number of nitrogens with zero attached hydrogens (tertiary/aromatic N) is 2. The number of nitrogens with one attached hydrogen (secondary N) is 1. The van der Waals surface area contributed by atoms with E-state index in [2.05, 4.69) is 24.3 Å². The molecule has 0 aliphatic carbocycles. The van der Waals surface area contributed by atoms with Gasteiger partial charge < -0.3 is 19.5 Å². The molecule has 1 N–H and O–H groups in total. The van der Waals surface area contributed by atoms with E-state index in [1.165, 1.54) is 0 Å². The minimum Gasteiger partial charge on any atom is -0.493 e. The molecule has 122 valence electrons. The van der Waals surface area contributed by atoms with Crippen molar-refractivity contribution in [1.82, 2.24) is 15.1 Å². The van der Waals surface area contributed by atoms with Crippen LogP contribution in [0.2, 0.25) is 0 Å². The van der Waals surface area contributed by atoms with Gasteiger partial charge in [0.2, 0.25) is 0 Å². The summed E-state index contributed by atoms with van der Waals surface area (Å²) in [6.45, 7) is 7.86. The Kier molecular flexibility index (Phi) is 9.05. The number of ether oxygens (including phenoxy) is 3. The summed E-state index contributed by atoms with van der Waals surface area (Å²) >= 11 is 0. The van der Waals surface area contributed by atoms with Crippen LogP contribution in [0, 0.1) is 0 Å². The summed E-state index contributed by atoms with van der Waals surface area (Å²) < 4.78 is 18.2. The highest BCUT2D eigenvalue weighted by Crippen LogP contribution is 2.25. The molecule has 1 aromatic heterocycles. The predicted octanol–water partition coefficient (Wildman–Crippen LogP) is 2.01. The predicted molar refractivity (Wildman–Crippen MR) is 82.8 cm³/mol. The second-order valence-corrected chi connectivity index (χ2v) is 4.90. The summed E-state index contributed by atoms with van der Waals surface area (Å²) in [6, 6.07) is 0.0748. The average molecular weight is 299 g/mol. The quantitative estimate of drug-likeness (QED) is 0.598. The van der Waals surface area contributed by atoms with Crippen molar-refractivity contribution in [2.75, 3.05) is 40.6 Å². The van der Waals surface area contributed by atoms with Gasteiger partial charge in [0.05, 0.1) is 44.9 Å². The van der Waals surface area contributed by atoms with Crippen LogP contribution in [0.5, 0.6) is 5.75 Å². The molecule has 1 unspecified atom stereocenters. The van der Waals surface area contributed by atoms with Gasteiger partial charge in [-0.3, -0.25) is 4.68 Å². The summed E-state index contributed by atoms with van der Waals surface area (Å²) in [5.41, 5.74) is 1.06. The molecule has 0 bridgehead atoms. The molecule has 21 heavy (non-hydrogen) atoms. The number of hydrogen-bond donors (Lipinski definition) is 1. The van der Waals surface area contributed by atoms with E-state index in [0.717, 1.165) is 37.4 Å². The molecule has 6 nitrogen and oxygen atoms in total. The number of methoxy groups -OCH3 is 2. The molecule has 0 aliphatic rings. The van der Waals surface area contributed by atoms with Gasteiger partial charge in [-0.1, -0.05) is 13.8 Å². The molecule has 0 aliphatic heterocycles. The van der Waals surface area contributed by atoms with E-state index >= 15 is 0 Å². The third-order valence-corrected chi connectivity index (χ3v) is 3.19. The lowest BCUT2D eigenvalue weighted by atomic mass is 10.2. The van der Waals surface area contributed by atoms with E-state index in [1.807, 2.05) is 4.68 Å². The minimum atomic E-state index is 0.0748. The van der Waals surface area contributed by atoms with Crippen LogP contribution in [0.3, 0.4) is 0 Å². The molecule has 6 heteroatoms. The Bertz CT molecular complexity index is 382. The molecule has 1 heterocycles. The first-order valence-electron chi connectivity index (χ1n) is 7.68. The topological polar surface area (TPSA) is 57.5 Å². The lowest BCUT2D eigenvalue weighted by Crippen LogP contribution is -2.29. The van der Waals surface area contributed by atoms with Gasteiger partial charge in [0, 0.05) is 13.7 Å². The second kappa shape index (κ2) is 10.6. The van der Waals surface area contributed by atoms with Crippen LogP contribution >= 0.6 is 0 Å². The van der Waals surface area contributed by atoms with Crippen LogP contribution < -0.4 is 10.1 Å². The van der Waals surface area contributed by atoms with Gasteiger partial charge in [-0.05, 0) is 19.4 Å². The van der Waals surface area contributed by atoms with Crippen LogP contribution in [-0.2, 0) is 16.0 Å². The Morgan fingerprint density at radius 2 is 2.05 bits per heavy atom. The van der Waals surface area contributed by atoms with Crippen LogP contribution in [-0.4, -0.2) is 50.4 Å². The summed E-state index contributed by atoms with van der Waals surface area (Å²) in [5.74, 6) is 0.812. The Morgan fingerprint density at radius 3 is 2.67 bits per heavy atom. The fraction of sp³-hybridized carbons (Fsp3) is 0.800. The summed E-state index contributed by atoms with van der Waals surface area (Å²) in [4.78, 5) is 0. The molecule has 0 aromatic carbocycles. The normalized spacial score (nSPS) is 12.6. The maximum absolute atomic E-state index is 5.71. The SMILES string of the molecule is CCCNC(COCCOC)c1c(OC)cnn1CCC. The Morgan fingerprint density at radius 1 is 1.24 bits per heavy atom. The summed E-state index contributed by atoms with van der Waals surface area (Å²) in [6.07, 6.45) is 3.88. The minimum absolute atomic E-state index is 0.0748. The number of hydrogen-bond acceptors (Lipinski definition) is 5. The molecule has 1 atom stereocenters. The first kappa shape index (κ1) is 17.9. The fourth-order valence-corrected chi connectivity index (χ4v) is 2.17. The third kappa shape index (κ3) is 5.65. The maximum Gasteiger partial charge on any atom is 0.161 e.